The fourth-order valence-corrected chi connectivity index (χ4v) is 3.54. The maximum Gasteiger partial charge on any atom is 0.234 e. The van der Waals surface area contributed by atoms with Crippen LogP contribution in [0.5, 0.6) is 0 Å². The van der Waals surface area contributed by atoms with Crippen molar-refractivity contribution in [2.24, 2.45) is 11.8 Å². The van der Waals surface area contributed by atoms with Crippen molar-refractivity contribution in [3.8, 4) is 0 Å². The summed E-state index contributed by atoms with van der Waals surface area (Å²) < 4.78 is 0. The first-order valence-corrected chi connectivity index (χ1v) is 8.85. The van der Waals surface area contributed by atoms with Gasteiger partial charge in [-0.1, -0.05) is 29.8 Å². The zero-order valence-electron chi connectivity index (χ0n) is 14.0. The molecule has 2 aliphatic rings. The van der Waals surface area contributed by atoms with Gasteiger partial charge in [-0.2, -0.15) is 0 Å². The quantitative estimate of drug-likeness (QED) is 0.846. The largest absolute Gasteiger partial charge is 0.396 e. The number of carbonyl (C=O) groups excluding carboxylic acids is 1. The van der Waals surface area contributed by atoms with E-state index in [9.17, 15) is 9.90 Å². The summed E-state index contributed by atoms with van der Waals surface area (Å²) in [4.78, 5) is 14.7. The van der Waals surface area contributed by atoms with Crippen LogP contribution in [0.15, 0.2) is 24.3 Å². The fraction of sp³-hybridized carbons (Fsp3) is 0.632. The van der Waals surface area contributed by atoms with E-state index in [-0.39, 0.29) is 18.6 Å². The number of nitrogens with one attached hydrogen (secondary N) is 1. The van der Waals surface area contributed by atoms with E-state index in [0.29, 0.717) is 18.4 Å². The first-order valence-electron chi connectivity index (χ1n) is 8.85. The highest BCUT2D eigenvalue weighted by atomic mass is 16.3. The summed E-state index contributed by atoms with van der Waals surface area (Å²) in [5, 5.41) is 12.6. The number of aryl methyl sites for hydroxylation is 1. The first-order chi connectivity index (χ1) is 11.2. The van der Waals surface area contributed by atoms with E-state index in [4.69, 9.17) is 0 Å². The number of hydrogen-bond donors (Lipinski definition) is 2. The van der Waals surface area contributed by atoms with Gasteiger partial charge in [-0.15, -0.1) is 0 Å². The van der Waals surface area contributed by atoms with Crippen molar-refractivity contribution < 1.29 is 9.90 Å². The Hall–Kier alpha value is -1.39. The Balaban J connectivity index is 1.57. The fourth-order valence-electron chi connectivity index (χ4n) is 3.54. The van der Waals surface area contributed by atoms with Crippen molar-refractivity contribution in [3.63, 3.8) is 0 Å². The van der Waals surface area contributed by atoms with Crippen LogP contribution >= 0.6 is 0 Å². The number of aliphatic hydroxyl groups is 1. The molecule has 2 fully saturated rings. The van der Waals surface area contributed by atoms with Crippen LogP contribution in [-0.2, 0) is 4.79 Å². The monoisotopic (exact) mass is 316 g/mol. The number of hydrogen-bond acceptors (Lipinski definition) is 3. The van der Waals surface area contributed by atoms with Crippen LogP contribution in [0.3, 0.4) is 0 Å². The van der Waals surface area contributed by atoms with Gasteiger partial charge in [0.2, 0.25) is 5.91 Å². The molecule has 2 unspecified atom stereocenters. The molecule has 0 radical (unpaired) electrons. The van der Waals surface area contributed by atoms with Gasteiger partial charge >= 0.3 is 0 Å². The number of carbonyl (C=O) groups is 1. The van der Waals surface area contributed by atoms with Gasteiger partial charge < -0.3 is 10.4 Å². The standard InChI is InChI=1S/C19H28N2O2/c1-14-4-6-16(7-5-14)19(17-8-9-17)20-18(23)12-21-10-2-3-15(11-21)13-22/h4-7,15,17,19,22H,2-3,8-13H2,1H3,(H,20,23). The molecule has 2 atom stereocenters. The highest BCUT2D eigenvalue weighted by Gasteiger charge is 2.33. The number of aliphatic hydroxyl groups excluding tert-OH is 1. The molecule has 3 rings (SSSR count). The molecule has 4 heteroatoms. The van der Waals surface area contributed by atoms with Gasteiger partial charge in [0, 0.05) is 13.2 Å². The Kier molecular flexibility index (Phi) is 5.34. The van der Waals surface area contributed by atoms with Gasteiger partial charge in [0.1, 0.15) is 0 Å². The minimum absolute atomic E-state index is 0.112. The minimum atomic E-state index is 0.112. The maximum atomic E-state index is 12.5. The topological polar surface area (TPSA) is 52.6 Å². The van der Waals surface area contributed by atoms with Crippen molar-refractivity contribution in [1.29, 1.82) is 0 Å². The third-order valence-electron chi connectivity index (χ3n) is 5.07. The Morgan fingerprint density at radius 3 is 2.70 bits per heavy atom. The van der Waals surface area contributed by atoms with Crippen molar-refractivity contribution in [3.05, 3.63) is 35.4 Å². The van der Waals surface area contributed by atoms with Gasteiger partial charge in [0.25, 0.3) is 0 Å². The van der Waals surface area contributed by atoms with Gasteiger partial charge in [-0.05, 0) is 56.6 Å². The maximum absolute atomic E-state index is 12.5. The lowest BCUT2D eigenvalue weighted by Crippen LogP contribution is -2.44. The first kappa shape index (κ1) is 16.5. The normalized spacial score (nSPS) is 23.5. The van der Waals surface area contributed by atoms with Crippen LogP contribution < -0.4 is 5.32 Å². The molecule has 0 aromatic heterocycles. The Morgan fingerprint density at radius 2 is 2.04 bits per heavy atom. The second-order valence-electron chi connectivity index (χ2n) is 7.22. The van der Waals surface area contributed by atoms with Crippen LogP contribution in [0.2, 0.25) is 0 Å². The van der Waals surface area contributed by atoms with Crippen LogP contribution in [-0.4, -0.2) is 42.2 Å². The van der Waals surface area contributed by atoms with Crippen molar-refractivity contribution >= 4 is 5.91 Å². The summed E-state index contributed by atoms with van der Waals surface area (Å²) in [5.41, 5.74) is 2.47. The van der Waals surface area contributed by atoms with E-state index in [1.54, 1.807) is 0 Å². The third-order valence-corrected chi connectivity index (χ3v) is 5.07. The molecule has 1 amide bonds. The molecule has 1 aromatic rings. The molecule has 126 valence electrons. The van der Waals surface area contributed by atoms with Gasteiger partial charge in [0.15, 0.2) is 0 Å². The number of likely N-dealkylation sites (tertiary alicyclic amines) is 1. The molecule has 0 bridgehead atoms. The van der Waals surface area contributed by atoms with Crippen molar-refractivity contribution in [2.45, 2.75) is 38.6 Å². The van der Waals surface area contributed by atoms with Crippen molar-refractivity contribution in [2.75, 3.05) is 26.2 Å². The van der Waals surface area contributed by atoms with Gasteiger partial charge in [-0.3, -0.25) is 9.69 Å². The van der Waals surface area contributed by atoms with Gasteiger partial charge in [-0.25, -0.2) is 0 Å². The number of piperidine rings is 1. The predicted molar refractivity (Wildman–Crippen MR) is 91.0 cm³/mol. The number of amides is 1. The minimum Gasteiger partial charge on any atom is -0.396 e. The van der Waals surface area contributed by atoms with Crippen LogP contribution in [0.4, 0.5) is 0 Å². The Bertz CT molecular complexity index is 525. The smallest absolute Gasteiger partial charge is 0.234 e. The van der Waals surface area contributed by atoms with E-state index >= 15 is 0 Å². The van der Waals surface area contributed by atoms with E-state index < -0.39 is 0 Å². The molecule has 1 saturated carbocycles. The summed E-state index contributed by atoms with van der Waals surface area (Å²) in [5.74, 6) is 1.03. The molecule has 1 heterocycles. The van der Waals surface area contributed by atoms with E-state index in [1.165, 1.54) is 24.0 Å². The zero-order valence-corrected chi connectivity index (χ0v) is 14.0. The summed E-state index contributed by atoms with van der Waals surface area (Å²) in [6.45, 7) is 4.56. The van der Waals surface area contributed by atoms with Crippen LogP contribution in [0.25, 0.3) is 0 Å². The lowest BCUT2D eigenvalue weighted by atomic mass is 9.99. The van der Waals surface area contributed by atoms with E-state index in [2.05, 4.69) is 41.4 Å². The van der Waals surface area contributed by atoms with Crippen LogP contribution in [0.1, 0.15) is 42.9 Å². The molecule has 1 aliphatic carbocycles. The molecule has 4 nitrogen and oxygen atoms in total. The average Bonchev–Trinajstić information content (AvgIpc) is 3.38. The molecule has 1 aromatic carbocycles. The summed E-state index contributed by atoms with van der Waals surface area (Å²) in [6.07, 6.45) is 4.55. The van der Waals surface area contributed by atoms with E-state index in [0.717, 1.165) is 25.9 Å². The summed E-state index contributed by atoms with van der Waals surface area (Å²) in [6, 6.07) is 8.67. The number of rotatable bonds is 6. The molecular weight excluding hydrogens is 288 g/mol. The highest BCUT2D eigenvalue weighted by molar-refractivity contribution is 5.78. The average molecular weight is 316 g/mol. The molecule has 2 N–H and O–H groups in total. The molecule has 0 spiro atoms. The lowest BCUT2D eigenvalue weighted by Gasteiger charge is -2.31. The van der Waals surface area contributed by atoms with Crippen molar-refractivity contribution in [1.82, 2.24) is 10.2 Å². The molecular formula is C19H28N2O2. The number of benzene rings is 1. The predicted octanol–water partition coefficient (Wildman–Crippen LogP) is 2.27. The second kappa shape index (κ2) is 7.45. The highest BCUT2D eigenvalue weighted by Crippen LogP contribution is 2.41. The Morgan fingerprint density at radius 1 is 1.30 bits per heavy atom. The SMILES string of the molecule is Cc1ccc(C(NC(=O)CN2CCCC(CO)C2)C2CC2)cc1. The molecule has 23 heavy (non-hydrogen) atoms. The summed E-state index contributed by atoms with van der Waals surface area (Å²) >= 11 is 0. The third kappa shape index (κ3) is 4.55. The lowest BCUT2D eigenvalue weighted by molar-refractivity contribution is -0.123. The van der Waals surface area contributed by atoms with E-state index in [1.807, 2.05) is 0 Å². The second-order valence-corrected chi connectivity index (χ2v) is 7.22. The molecule has 1 saturated heterocycles. The zero-order chi connectivity index (χ0) is 16.2. The van der Waals surface area contributed by atoms with Crippen LogP contribution in [0, 0.1) is 18.8 Å². The summed E-state index contributed by atoms with van der Waals surface area (Å²) in [7, 11) is 0. The molecule has 1 aliphatic heterocycles. The van der Waals surface area contributed by atoms with Gasteiger partial charge in [0.05, 0.1) is 12.6 Å². The number of nitrogens with zero attached hydrogens (tertiary/aromatic N) is 1. The Labute approximate surface area is 138 Å².